The molecular formula is C12H24O5P-. The van der Waals surface area contributed by atoms with Crippen molar-refractivity contribution >= 4 is 7.60 Å². The molecule has 0 aromatic carbocycles. The van der Waals surface area contributed by atoms with E-state index in [-0.39, 0.29) is 24.4 Å². The zero-order valence-electron chi connectivity index (χ0n) is 11.6. The van der Waals surface area contributed by atoms with E-state index in [1.165, 1.54) is 0 Å². The summed E-state index contributed by atoms with van der Waals surface area (Å²) in [5, 5.41) is 0. The van der Waals surface area contributed by atoms with Crippen LogP contribution < -0.4 is 0 Å². The van der Waals surface area contributed by atoms with Crippen molar-refractivity contribution in [3.8, 4) is 0 Å². The van der Waals surface area contributed by atoms with Crippen LogP contribution in [0.3, 0.4) is 0 Å². The van der Waals surface area contributed by atoms with E-state index in [0.29, 0.717) is 19.6 Å². The van der Waals surface area contributed by atoms with Gasteiger partial charge in [0, 0.05) is 13.0 Å². The Morgan fingerprint density at radius 2 is 2.00 bits per heavy atom. The van der Waals surface area contributed by atoms with Gasteiger partial charge in [-0.2, -0.15) is 0 Å². The molecule has 3 atom stereocenters. The largest absolute Gasteiger partial charge is 0.376 e. The first-order valence-corrected chi connectivity index (χ1v) is 8.07. The van der Waals surface area contributed by atoms with Crippen LogP contribution in [0.2, 0.25) is 0 Å². The standard InChI is InChI=1S/C12H24O5P/c1-9(2)15-8-12-11(6-7-14-12)17-18(5,13)16-10(3)4/h9-12H,5-8H2,1-4H3/q-1/t11?,12-,18?/m1/s1. The quantitative estimate of drug-likeness (QED) is 0.529. The fourth-order valence-corrected chi connectivity index (χ4v) is 3.09. The van der Waals surface area contributed by atoms with Crippen molar-refractivity contribution in [3.05, 3.63) is 6.66 Å². The number of hydrogen-bond donors (Lipinski definition) is 0. The highest BCUT2D eigenvalue weighted by molar-refractivity contribution is 7.55. The molecule has 0 bridgehead atoms. The van der Waals surface area contributed by atoms with Crippen molar-refractivity contribution < 1.29 is 23.1 Å². The van der Waals surface area contributed by atoms with Crippen LogP contribution in [0.15, 0.2) is 0 Å². The molecule has 0 amide bonds. The van der Waals surface area contributed by atoms with E-state index in [4.69, 9.17) is 18.5 Å². The van der Waals surface area contributed by atoms with Crippen LogP contribution in [0.1, 0.15) is 34.1 Å². The van der Waals surface area contributed by atoms with Crippen molar-refractivity contribution in [2.45, 2.75) is 58.5 Å². The lowest BCUT2D eigenvalue weighted by molar-refractivity contribution is -0.0385. The Morgan fingerprint density at radius 1 is 1.33 bits per heavy atom. The van der Waals surface area contributed by atoms with Crippen molar-refractivity contribution in [2.75, 3.05) is 13.2 Å². The minimum atomic E-state index is -3.27. The Kier molecular flexibility index (Phi) is 6.28. The maximum Gasteiger partial charge on any atom is 0.185 e. The summed E-state index contributed by atoms with van der Waals surface area (Å²) in [6, 6.07) is 0. The molecule has 1 saturated heterocycles. The average molecular weight is 279 g/mol. The fourth-order valence-electron chi connectivity index (χ4n) is 1.74. The molecule has 0 aromatic rings. The van der Waals surface area contributed by atoms with Crippen LogP contribution >= 0.6 is 7.60 Å². The molecule has 2 unspecified atom stereocenters. The molecule has 0 aliphatic carbocycles. The summed E-state index contributed by atoms with van der Waals surface area (Å²) in [5.74, 6) is 0. The summed E-state index contributed by atoms with van der Waals surface area (Å²) in [6.07, 6.45) is 0.172. The Hall–Kier alpha value is 0.0700. The molecule has 6 heteroatoms. The normalized spacial score (nSPS) is 27.9. The first-order chi connectivity index (χ1) is 8.30. The van der Waals surface area contributed by atoms with Gasteiger partial charge in [-0.15, -0.1) is 0 Å². The Labute approximate surface area is 110 Å². The molecule has 108 valence electrons. The lowest BCUT2D eigenvalue weighted by Gasteiger charge is -2.28. The number of hydrogen-bond acceptors (Lipinski definition) is 5. The first kappa shape index (κ1) is 16.1. The molecule has 0 radical (unpaired) electrons. The van der Waals surface area contributed by atoms with E-state index in [1.54, 1.807) is 13.8 Å². The minimum absolute atomic E-state index is 0.133. The molecule has 18 heavy (non-hydrogen) atoms. The molecule has 1 aliphatic heterocycles. The summed E-state index contributed by atoms with van der Waals surface area (Å²) in [6.45, 7) is 12.0. The molecule has 0 saturated carbocycles. The predicted molar refractivity (Wildman–Crippen MR) is 69.5 cm³/mol. The van der Waals surface area contributed by atoms with Crippen molar-refractivity contribution in [3.63, 3.8) is 0 Å². The van der Waals surface area contributed by atoms with E-state index in [1.807, 2.05) is 13.8 Å². The molecule has 0 spiro atoms. The van der Waals surface area contributed by atoms with Crippen molar-refractivity contribution in [2.24, 2.45) is 0 Å². The fraction of sp³-hybridized carbons (Fsp3) is 0.917. The van der Waals surface area contributed by atoms with E-state index in [2.05, 4.69) is 6.66 Å². The lowest BCUT2D eigenvalue weighted by Crippen LogP contribution is -2.29. The average Bonchev–Trinajstić information content (AvgIpc) is 2.59. The van der Waals surface area contributed by atoms with Gasteiger partial charge in [-0.05, 0) is 27.7 Å². The van der Waals surface area contributed by atoms with Gasteiger partial charge in [0.2, 0.25) is 0 Å². The molecule has 1 heterocycles. The van der Waals surface area contributed by atoms with E-state index in [9.17, 15) is 4.57 Å². The van der Waals surface area contributed by atoms with Gasteiger partial charge in [0.25, 0.3) is 0 Å². The van der Waals surface area contributed by atoms with Crippen molar-refractivity contribution in [1.82, 2.24) is 0 Å². The van der Waals surface area contributed by atoms with Gasteiger partial charge in [-0.1, -0.05) is 0 Å². The molecule has 1 aliphatic rings. The van der Waals surface area contributed by atoms with E-state index in [0.717, 1.165) is 0 Å². The van der Waals surface area contributed by atoms with Gasteiger partial charge in [0.1, 0.15) is 6.10 Å². The first-order valence-electron chi connectivity index (χ1n) is 6.34. The third-order valence-corrected chi connectivity index (χ3v) is 3.75. The van der Waals surface area contributed by atoms with Crippen LogP contribution in [0, 0.1) is 6.66 Å². The summed E-state index contributed by atoms with van der Waals surface area (Å²) in [5.41, 5.74) is 0. The summed E-state index contributed by atoms with van der Waals surface area (Å²) >= 11 is 0. The Balaban J connectivity index is 2.46. The van der Waals surface area contributed by atoms with Crippen LogP contribution in [0.25, 0.3) is 0 Å². The second-order valence-electron chi connectivity index (χ2n) is 4.99. The molecule has 0 aromatic heterocycles. The second kappa shape index (κ2) is 7.01. The highest BCUT2D eigenvalue weighted by Gasteiger charge is 2.32. The SMILES string of the molecule is [CH2-]P(=O)(OC(C)C)OC1CCO[C@@H]1COC(C)C. The Bertz CT molecular complexity index is 292. The summed E-state index contributed by atoms with van der Waals surface area (Å²) in [7, 11) is -3.27. The van der Waals surface area contributed by atoms with Gasteiger partial charge in [-0.3, -0.25) is 4.57 Å². The maximum atomic E-state index is 12.0. The van der Waals surface area contributed by atoms with Gasteiger partial charge < -0.3 is 18.5 Å². The molecule has 0 N–H and O–H groups in total. The summed E-state index contributed by atoms with van der Waals surface area (Å²) in [4.78, 5) is 0. The smallest absolute Gasteiger partial charge is 0.185 e. The third kappa shape index (κ3) is 5.81. The van der Waals surface area contributed by atoms with Gasteiger partial charge in [-0.25, -0.2) is 6.66 Å². The minimum Gasteiger partial charge on any atom is -0.376 e. The van der Waals surface area contributed by atoms with Crippen LogP contribution in [0.5, 0.6) is 0 Å². The molecule has 1 fully saturated rings. The van der Waals surface area contributed by atoms with Gasteiger partial charge in [0.15, 0.2) is 7.60 Å². The Morgan fingerprint density at radius 3 is 2.56 bits per heavy atom. The van der Waals surface area contributed by atoms with E-state index < -0.39 is 7.60 Å². The topological polar surface area (TPSA) is 54.0 Å². The van der Waals surface area contributed by atoms with E-state index >= 15 is 0 Å². The van der Waals surface area contributed by atoms with Gasteiger partial charge in [0.05, 0.1) is 24.9 Å². The monoisotopic (exact) mass is 279 g/mol. The lowest BCUT2D eigenvalue weighted by atomic mass is 10.2. The molecule has 1 rings (SSSR count). The zero-order valence-corrected chi connectivity index (χ0v) is 12.5. The van der Waals surface area contributed by atoms with Crippen LogP contribution in [0.4, 0.5) is 0 Å². The van der Waals surface area contributed by atoms with Gasteiger partial charge >= 0.3 is 0 Å². The van der Waals surface area contributed by atoms with Crippen molar-refractivity contribution in [1.29, 1.82) is 0 Å². The predicted octanol–water partition coefficient (Wildman–Crippen LogP) is 3.00. The van der Waals surface area contributed by atoms with Crippen LogP contribution in [-0.4, -0.2) is 37.6 Å². The highest BCUT2D eigenvalue weighted by Crippen LogP contribution is 2.50. The number of ether oxygens (including phenoxy) is 2. The highest BCUT2D eigenvalue weighted by atomic mass is 31.2. The molecular weight excluding hydrogens is 255 g/mol. The molecule has 5 nitrogen and oxygen atoms in total. The second-order valence-corrected chi connectivity index (χ2v) is 6.63. The zero-order chi connectivity index (χ0) is 13.8. The third-order valence-electron chi connectivity index (χ3n) is 2.41. The summed E-state index contributed by atoms with van der Waals surface area (Å²) < 4.78 is 33.7. The maximum absolute atomic E-state index is 12.0. The number of rotatable bonds is 7. The van der Waals surface area contributed by atoms with Crippen LogP contribution in [-0.2, 0) is 23.1 Å².